The second kappa shape index (κ2) is 9.04. The maximum absolute atomic E-state index is 12.1. The SMILES string of the molecule is CCOc1ccc2ccccc2c1/C=N/NC(=O)COc1cccc(C)c1C. The van der Waals surface area contributed by atoms with Gasteiger partial charge in [-0.25, -0.2) is 5.43 Å². The number of ether oxygens (including phenoxy) is 2. The summed E-state index contributed by atoms with van der Waals surface area (Å²) in [5, 5.41) is 6.19. The summed E-state index contributed by atoms with van der Waals surface area (Å²) in [5.74, 6) is 1.10. The van der Waals surface area contributed by atoms with Gasteiger partial charge in [0.1, 0.15) is 11.5 Å². The van der Waals surface area contributed by atoms with Crippen LogP contribution >= 0.6 is 0 Å². The van der Waals surface area contributed by atoms with Crippen LogP contribution in [-0.4, -0.2) is 25.3 Å². The molecule has 3 aromatic rings. The molecule has 144 valence electrons. The summed E-state index contributed by atoms with van der Waals surface area (Å²) in [7, 11) is 0. The van der Waals surface area contributed by atoms with Crippen LogP contribution in [0.2, 0.25) is 0 Å². The van der Waals surface area contributed by atoms with Gasteiger partial charge < -0.3 is 9.47 Å². The molecule has 0 saturated heterocycles. The number of hydrazone groups is 1. The van der Waals surface area contributed by atoms with E-state index in [0.29, 0.717) is 12.4 Å². The number of carbonyl (C=O) groups excluding carboxylic acids is 1. The number of nitrogens with zero attached hydrogens (tertiary/aromatic N) is 1. The lowest BCUT2D eigenvalue weighted by Gasteiger charge is -2.11. The minimum Gasteiger partial charge on any atom is -0.493 e. The number of fused-ring (bicyclic) bond motifs is 1. The number of nitrogens with one attached hydrogen (secondary N) is 1. The van der Waals surface area contributed by atoms with Gasteiger partial charge in [-0.2, -0.15) is 5.10 Å². The molecule has 0 radical (unpaired) electrons. The van der Waals surface area contributed by atoms with Crippen molar-refractivity contribution >= 4 is 22.9 Å². The maximum Gasteiger partial charge on any atom is 0.277 e. The fourth-order valence-corrected chi connectivity index (χ4v) is 2.92. The van der Waals surface area contributed by atoms with E-state index in [1.165, 1.54) is 0 Å². The molecule has 0 bridgehead atoms. The van der Waals surface area contributed by atoms with Gasteiger partial charge in [0.15, 0.2) is 6.61 Å². The highest BCUT2D eigenvalue weighted by Crippen LogP contribution is 2.26. The van der Waals surface area contributed by atoms with Crippen LogP contribution in [0.25, 0.3) is 10.8 Å². The molecule has 28 heavy (non-hydrogen) atoms. The van der Waals surface area contributed by atoms with Gasteiger partial charge >= 0.3 is 0 Å². The molecule has 0 fully saturated rings. The van der Waals surface area contributed by atoms with Crippen molar-refractivity contribution in [3.8, 4) is 11.5 Å². The topological polar surface area (TPSA) is 59.9 Å². The van der Waals surface area contributed by atoms with Crippen LogP contribution in [0.3, 0.4) is 0 Å². The fourth-order valence-electron chi connectivity index (χ4n) is 2.92. The van der Waals surface area contributed by atoms with Crippen molar-refractivity contribution < 1.29 is 14.3 Å². The largest absolute Gasteiger partial charge is 0.493 e. The zero-order valence-electron chi connectivity index (χ0n) is 16.4. The average Bonchev–Trinajstić information content (AvgIpc) is 2.70. The first-order valence-corrected chi connectivity index (χ1v) is 9.25. The molecule has 1 amide bonds. The molecule has 0 aliphatic rings. The van der Waals surface area contributed by atoms with E-state index in [2.05, 4.69) is 10.5 Å². The summed E-state index contributed by atoms with van der Waals surface area (Å²) in [5.41, 5.74) is 5.49. The molecule has 0 aliphatic carbocycles. The van der Waals surface area contributed by atoms with Crippen LogP contribution in [0.1, 0.15) is 23.6 Å². The molecule has 0 saturated carbocycles. The van der Waals surface area contributed by atoms with Crippen molar-refractivity contribution in [3.05, 3.63) is 71.3 Å². The van der Waals surface area contributed by atoms with Crippen molar-refractivity contribution in [2.24, 2.45) is 5.10 Å². The zero-order chi connectivity index (χ0) is 19.9. The lowest BCUT2D eigenvalue weighted by Crippen LogP contribution is -2.24. The molecule has 0 aliphatic heterocycles. The average molecular weight is 376 g/mol. The van der Waals surface area contributed by atoms with E-state index in [9.17, 15) is 4.79 Å². The monoisotopic (exact) mass is 376 g/mol. The van der Waals surface area contributed by atoms with Crippen molar-refractivity contribution in [1.29, 1.82) is 0 Å². The molecule has 3 rings (SSSR count). The van der Waals surface area contributed by atoms with Crippen LogP contribution in [0, 0.1) is 13.8 Å². The summed E-state index contributed by atoms with van der Waals surface area (Å²) in [4.78, 5) is 12.1. The Hall–Kier alpha value is -3.34. The standard InChI is InChI=1S/C23H24N2O3/c1-4-27-22-13-12-18-9-5-6-10-19(18)20(22)14-24-25-23(26)15-28-21-11-7-8-16(2)17(21)3/h5-14H,4,15H2,1-3H3,(H,25,26)/b24-14+. The van der Waals surface area contributed by atoms with E-state index in [0.717, 1.165) is 33.2 Å². The van der Waals surface area contributed by atoms with Crippen LogP contribution in [0.4, 0.5) is 0 Å². The Morgan fingerprint density at radius 1 is 1.00 bits per heavy atom. The molecule has 1 N–H and O–H groups in total. The van der Waals surface area contributed by atoms with Crippen molar-refractivity contribution in [2.75, 3.05) is 13.2 Å². The molecule has 5 nitrogen and oxygen atoms in total. The van der Waals surface area contributed by atoms with Gasteiger partial charge in [0.25, 0.3) is 5.91 Å². The van der Waals surface area contributed by atoms with E-state index in [1.54, 1.807) is 6.21 Å². The first-order valence-electron chi connectivity index (χ1n) is 9.25. The second-order valence-electron chi connectivity index (χ2n) is 6.41. The number of hydrogen-bond acceptors (Lipinski definition) is 4. The predicted molar refractivity (Wildman–Crippen MR) is 112 cm³/mol. The number of hydrogen-bond donors (Lipinski definition) is 1. The fraction of sp³-hybridized carbons (Fsp3) is 0.217. The summed E-state index contributed by atoms with van der Waals surface area (Å²) < 4.78 is 11.3. The molecule has 0 unspecified atom stereocenters. The first kappa shape index (κ1) is 19.4. The number of rotatable bonds is 7. The van der Waals surface area contributed by atoms with E-state index in [4.69, 9.17) is 9.47 Å². The summed E-state index contributed by atoms with van der Waals surface area (Å²) >= 11 is 0. The van der Waals surface area contributed by atoms with E-state index < -0.39 is 0 Å². The van der Waals surface area contributed by atoms with Crippen LogP contribution in [0.15, 0.2) is 59.7 Å². The van der Waals surface area contributed by atoms with Gasteiger partial charge in [0.2, 0.25) is 0 Å². The Morgan fingerprint density at radius 3 is 2.64 bits per heavy atom. The lowest BCUT2D eigenvalue weighted by atomic mass is 10.0. The van der Waals surface area contributed by atoms with Gasteiger partial charge in [-0.3, -0.25) is 4.79 Å². The van der Waals surface area contributed by atoms with E-state index >= 15 is 0 Å². The van der Waals surface area contributed by atoms with Gasteiger partial charge in [-0.1, -0.05) is 42.5 Å². The molecule has 0 heterocycles. The molecule has 0 aromatic heterocycles. The summed E-state index contributed by atoms with van der Waals surface area (Å²) in [6.07, 6.45) is 1.61. The van der Waals surface area contributed by atoms with Crippen molar-refractivity contribution in [1.82, 2.24) is 5.43 Å². The number of amides is 1. The third-order valence-electron chi connectivity index (χ3n) is 4.53. The Labute approximate surface area is 165 Å². The third kappa shape index (κ3) is 4.49. The Kier molecular flexibility index (Phi) is 6.27. The normalized spacial score (nSPS) is 11.0. The Balaban J connectivity index is 1.69. The zero-order valence-corrected chi connectivity index (χ0v) is 16.4. The molecule has 0 atom stereocenters. The lowest BCUT2D eigenvalue weighted by molar-refractivity contribution is -0.123. The number of benzene rings is 3. The van der Waals surface area contributed by atoms with E-state index in [1.807, 2.05) is 75.4 Å². The molecule has 5 heteroatoms. The van der Waals surface area contributed by atoms with Gasteiger partial charge in [0.05, 0.1) is 12.8 Å². The third-order valence-corrected chi connectivity index (χ3v) is 4.53. The predicted octanol–water partition coefficient (Wildman–Crippen LogP) is 4.38. The molecular weight excluding hydrogens is 352 g/mol. The quantitative estimate of drug-likeness (QED) is 0.492. The van der Waals surface area contributed by atoms with Crippen molar-refractivity contribution in [3.63, 3.8) is 0 Å². The van der Waals surface area contributed by atoms with E-state index in [-0.39, 0.29) is 12.5 Å². The first-order chi connectivity index (χ1) is 13.6. The van der Waals surface area contributed by atoms with Crippen LogP contribution < -0.4 is 14.9 Å². The van der Waals surface area contributed by atoms with Crippen LogP contribution in [0.5, 0.6) is 11.5 Å². The number of carbonyl (C=O) groups is 1. The highest BCUT2D eigenvalue weighted by atomic mass is 16.5. The minimum absolute atomic E-state index is 0.102. The highest BCUT2D eigenvalue weighted by Gasteiger charge is 2.08. The smallest absolute Gasteiger partial charge is 0.277 e. The Morgan fingerprint density at radius 2 is 1.82 bits per heavy atom. The Bertz CT molecular complexity index is 1010. The maximum atomic E-state index is 12.1. The minimum atomic E-state index is -0.324. The van der Waals surface area contributed by atoms with Gasteiger partial charge in [-0.15, -0.1) is 0 Å². The number of aryl methyl sites for hydroxylation is 1. The molecular formula is C23H24N2O3. The van der Waals surface area contributed by atoms with Crippen molar-refractivity contribution in [2.45, 2.75) is 20.8 Å². The summed E-state index contributed by atoms with van der Waals surface area (Å²) in [6.45, 7) is 6.36. The van der Waals surface area contributed by atoms with Crippen LogP contribution in [-0.2, 0) is 4.79 Å². The second-order valence-corrected chi connectivity index (χ2v) is 6.41. The molecule has 0 spiro atoms. The van der Waals surface area contributed by atoms with Gasteiger partial charge in [-0.05, 0) is 54.8 Å². The highest BCUT2D eigenvalue weighted by molar-refractivity contribution is 6.02. The molecule has 3 aromatic carbocycles. The van der Waals surface area contributed by atoms with Gasteiger partial charge in [0, 0.05) is 5.56 Å². The summed E-state index contributed by atoms with van der Waals surface area (Å²) in [6, 6.07) is 17.7.